The number of benzene rings is 1. The Morgan fingerprint density at radius 2 is 1.68 bits per heavy atom. The minimum Gasteiger partial charge on any atom is -0.324 e. The van der Waals surface area contributed by atoms with E-state index in [1.54, 1.807) is 6.07 Å². The molecule has 0 radical (unpaired) electrons. The summed E-state index contributed by atoms with van der Waals surface area (Å²) in [7, 11) is 0. The van der Waals surface area contributed by atoms with Gasteiger partial charge in [-0.05, 0) is 36.5 Å². The van der Waals surface area contributed by atoms with Crippen LogP contribution in [0.15, 0.2) is 27.8 Å². The lowest BCUT2D eigenvalue weighted by molar-refractivity contribution is 0.507. The van der Waals surface area contributed by atoms with Crippen LogP contribution in [-0.2, 0) is 0 Å². The van der Waals surface area contributed by atoms with Gasteiger partial charge in [-0.25, -0.2) is 0 Å². The standard InChI is InChI=1S/C14H19N3O2/c1-8(2)3-5-10(15)9-4-6-11-12(7-9)17-14(19)13(18)16-11/h4,6-8,10H,3,5,15H2,1-2H3,(H,16,18)(H,17,19). The highest BCUT2D eigenvalue weighted by Crippen LogP contribution is 2.20. The van der Waals surface area contributed by atoms with Crippen molar-refractivity contribution in [2.75, 3.05) is 0 Å². The lowest BCUT2D eigenvalue weighted by atomic mass is 9.98. The van der Waals surface area contributed by atoms with Crippen molar-refractivity contribution in [2.45, 2.75) is 32.7 Å². The Labute approximate surface area is 110 Å². The van der Waals surface area contributed by atoms with Crippen LogP contribution in [0.4, 0.5) is 0 Å². The fourth-order valence-corrected chi connectivity index (χ4v) is 2.04. The Bertz CT molecular complexity index is 685. The van der Waals surface area contributed by atoms with E-state index in [-0.39, 0.29) is 6.04 Å². The van der Waals surface area contributed by atoms with Crippen molar-refractivity contribution in [1.82, 2.24) is 9.97 Å². The van der Waals surface area contributed by atoms with E-state index in [1.165, 1.54) is 0 Å². The van der Waals surface area contributed by atoms with Crippen molar-refractivity contribution in [1.29, 1.82) is 0 Å². The van der Waals surface area contributed by atoms with Crippen molar-refractivity contribution in [3.63, 3.8) is 0 Å². The first-order valence-electron chi connectivity index (χ1n) is 6.49. The molecule has 2 rings (SSSR count). The Morgan fingerprint density at radius 1 is 1.05 bits per heavy atom. The van der Waals surface area contributed by atoms with Crippen LogP contribution >= 0.6 is 0 Å². The molecular formula is C14H19N3O2. The number of fused-ring (bicyclic) bond motifs is 1. The molecule has 19 heavy (non-hydrogen) atoms. The lowest BCUT2D eigenvalue weighted by Crippen LogP contribution is -2.29. The number of aromatic nitrogens is 2. The average molecular weight is 261 g/mol. The van der Waals surface area contributed by atoms with E-state index in [2.05, 4.69) is 23.8 Å². The molecule has 1 heterocycles. The fourth-order valence-electron chi connectivity index (χ4n) is 2.04. The largest absolute Gasteiger partial charge is 0.324 e. The van der Waals surface area contributed by atoms with Gasteiger partial charge >= 0.3 is 11.1 Å². The minimum absolute atomic E-state index is 0.0535. The third-order valence-electron chi connectivity index (χ3n) is 3.23. The van der Waals surface area contributed by atoms with Gasteiger partial charge in [0.2, 0.25) is 0 Å². The first kappa shape index (κ1) is 13.5. The van der Waals surface area contributed by atoms with Gasteiger partial charge in [-0.3, -0.25) is 9.59 Å². The first-order valence-corrected chi connectivity index (χ1v) is 6.49. The fraction of sp³-hybridized carbons (Fsp3) is 0.429. The smallest absolute Gasteiger partial charge is 0.314 e. The Morgan fingerprint density at radius 3 is 2.32 bits per heavy atom. The predicted molar refractivity (Wildman–Crippen MR) is 76.2 cm³/mol. The van der Waals surface area contributed by atoms with Crippen LogP contribution < -0.4 is 16.9 Å². The molecule has 0 fully saturated rings. The molecule has 0 bridgehead atoms. The quantitative estimate of drug-likeness (QED) is 0.731. The molecule has 1 atom stereocenters. The zero-order chi connectivity index (χ0) is 14.0. The predicted octanol–water partition coefficient (Wildman–Crippen LogP) is 1.65. The van der Waals surface area contributed by atoms with E-state index in [0.717, 1.165) is 18.4 Å². The molecule has 0 aliphatic rings. The summed E-state index contributed by atoms with van der Waals surface area (Å²) in [5.41, 5.74) is 7.06. The van der Waals surface area contributed by atoms with Crippen molar-refractivity contribution >= 4 is 11.0 Å². The highest BCUT2D eigenvalue weighted by molar-refractivity contribution is 5.74. The number of nitrogens with two attached hydrogens (primary N) is 1. The number of aromatic amines is 2. The van der Waals surface area contributed by atoms with Crippen LogP contribution in [-0.4, -0.2) is 9.97 Å². The van der Waals surface area contributed by atoms with Crippen LogP contribution in [0.1, 0.15) is 38.3 Å². The maximum Gasteiger partial charge on any atom is 0.314 e. The van der Waals surface area contributed by atoms with Gasteiger partial charge in [0.25, 0.3) is 0 Å². The van der Waals surface area contributed by atoms with Crippen LogP contribution in [0, 0.1) is 5.92 Å². The third kappa shape index (κ3) is 3.12. The number of hydrogen-bond acceptors (Lipinski definition) is 3. The molecule has 102 valence electrons. The summed E-state index contributed by atoms with van der Waals surface area (Å²) in [6.45, 7) is 4.32. The zero-order valence-corrected chi connectivity index (χ0v) is 11.2. The summed E-state index contributed by atoms with van der Waals surface area (Å²) in [5, 5.41) is 0. The molecule has 4 N–H and O–H groups in total. The first-order chi connectivity index (χ1) is 8.97. The number of rotatable bonds is 4. The molecule has 0 spiro atoms. The molecule has 0 aliphatic carbocycles. The number of H-pyrrole nitrogens is 2. The van der Waals surface area contributed by atoms with Gasteiger partial charge in [0, 0.05) is 6.04 Å². The van der Waals surface area contributed by atoms with Gasteiger partial charge in [0.15, 0.2) is 0 Å². The van der Waals surface area contributed by atoms with Gasteiger partial charge in [0.05, 0.1) is 11.0 Å². The second-order valence-corrected chi connectivity index (χ2v) is 5.29. The van der Waals surface area contributed by atoms with Gasteiger partial charge in [-0.1, -0.05) is 19.9 Å². The third-order valence-corrected chi connectivity index (χ3v) is 3.23. The van der Waals surface area contributed by atoms with Gasteiger partial charge in [-0.15, -0.1) is 0 Å². The maximum absolute atomic E-state index is 11.3. The molecule has 5 nitrogen and oxygen atoms in total. The Hall–Kier alpha value is -1.88. The van der Waals surface area contributed by atoms with E-state index in [4.69, 9.17) is 5.73 Å². The summed E-state index contributed by atoms with van der Waals surface area (Å²) in [4.78, 5) is 27.6. The van der Waals surface area contributed by atoms with Gasteiger partial charge in [0.1, 0.15) is 0 Å². The van der Waals surface area contributed by atoms with E-state index < -0.39 is 11.1 Å². The molecule has 0 amide bonds. The summed E-state index contributed by atoms with van der Waals surface area (Å²) in [6.07, 6.45) is 1.96. The van der Waals surface area contributed by atoms with E-state index in [0.29, 0.717) is 17.0 Å². The van der Waals surface area contributed by atoms with Crippen molar-refractivity contribution < 1.29 is 0 Å². The number of hydrogen-bond donors (Lipinski definition) is 3. The Balaban J connectivity index is 2.33. The van der Waals surface area contributed by atoms with Crippen molar-refractivity contribution in [2.24, 2.45) is 11.7 Å². The minimum atomic E-state index is -0.639. The van der Waals surface area contributed by atoms with Crippen LogP contribution in [0.25, 0.3) is 11.0 Å². The lowest BCUT2D eigenvalue weighted by Gasteiger charge is -2.14. The summed E-state index contributed by atoms with van der Waals surface area (Å²) in [5.74, 6) is 0.614. The van der Waals surface area contributed by atoms with Crippen LogP contribution in [0.3, 0.4) is 0 Å². The average Bonchev–Trinajstić information content (AvgIpc) is 2.36. The summed E-state index contributed by atoms with van der Waals surface area (Å²) >= 11 is 0. The van der Waals surface area contributed by atoms with Gasteiger partial charge < -0.3 is 15.7 Å². The molecule has 5 heteroatoms. The normalized spacial score (nSPS) is 13.1. The van der Waals surface area contributed by atoms with Crippen LogP contribution in [0.5, 0.6) is 0 Å². The van der Waals surface area contributed by atoms with E-state index in [1.807, 2.05) is 12.1 Å². The topological polar surface area (TPSA) is 91.7 Å². The second-order valence-electron chi connectivity index (χ2n) is 5.29. The van der Waals surface area contributed by atoms with E-state index in [9.17, 15) is 9.59 Å². The molecule has 1 aromatic heterocycles. The molecule has 1 aromatic carbocycles. The molecule has 1 unspecified atom stereocenters. The van der Waals surface area contributed by atoms with Gasteiger partial charge in [-0.2, -0.15) is 0 Å². The molecule has 0 saturated carbocycles. The van der Waals surface area contributed by atoms with Crippen LogP contribution in [0.2, 0.25) is 0 Å². The maximum atomic E-state index is 11.3. The van der Waals surface area contributed by atoms with Crippen molar-refractivity contribution in [3.8, 4) is 0 Å². The highest BCUT2D eigenvalue weighted by atomic mass is 16.2. The second kappa shape index (κ2) is 5.40. The molecular weight excluding hydrogens is 242 g/mol. The SMILES string of the molecule is CC(C)CCC(N)c1ccc2[nH]c(=O)c(=O)[nH]c2c1. The number of nitrogens with one attached hydrogen (secondary N) is 2. The zero-order valence-electron chi connectivity index (χ0n) is 11.2. The summed E-state index contributed by atoms with van der Waals surface area (Å²) < 4.78 is 0. The highest BCUT2D eigenvalue weighted by Gasteiger charge is 2.09. The molecule has 2 aromatic rings. The Kier molecular flexibility index (Phi) is 3.85. The van der Waals surface area contributed by atoms with E-state index >= 15 is 0 Å². The van der Waals surface area contributed by atoms with Crippen molar-refractivity contribution in [3.05, 3.63) is 44.5 Å². The summed E-state index contributed by atoms with van der Waals surface area (Å²) in [6, 6.07) is 5.44. The molecule has 0 saturated heterocycles. The monoisotopic (exact) mass is 261 g/mol. The molecule has 0 aliphatic heterocycles.